The zero-order valence-electron chi connectivity index (χ0n) is 20.7. The summed E-state index contributed by atoms with van der Waals surface area (Å²) < 4.78 is 46.6. The molecule has 1 aliphatic carbocycles. The third-order valence-corrected chi connectivity index (χ3v) is 8.27. The van der Waals surface area contributed by atoms with Crippen molar-refractivity contribution in [3.63, 3.8) is 0 Å². The second-order valence-electron chi connectivity index (χ2n) is 9.59. The Labute approximate surface area is 222 Å². The van der Waals surface area contributed by atoms with Crippen molar-refractivity contribution in [2.24, 2.45) is 5.41 Å². The van der Waals surface area contributed by atoms with Gasteiger partial charge in [-0.2, -0.15) is 13.2 Å². The van der Waals surface area contributed by atoms with Crippen molar-refractivity contribution in [1.82, 2.24) is 4.90 Å². The van der Waals surface area contributed by atoms with Gasteiger partial charge < -0.3 is 14.9 Å². The molecule has 0 atom stereocenters. The first kappa shape index (κ1) is 27.7. The van der Waals surface area contributed by atoms with E-state index in [4.69, 9.17) is 4.74 Å². The van der Waals surface area contributed by atoms with Crippen LogP contribution in [0.3, 0.4) is 0 Å². The summed E-state index contributed by atoms with van der Waals surface area (Å²) in [7, 11) is 1.92. The van der Waals surface area contributed by atoms with E-state index >= 15 is 0 Å². The smallest absolute Gasteiger partial charge is 0.426 e. The van der Waals surface area contributed by atoms with Crippen molar-refractivity contribution in [2.45, 2.75) is 51.1 Å². The molecule has 0 unspecified atom stereocenters. The van der Waals surface area contributed by atoms with Crippen LogP contribution in [0.4, 0.5) is 13.2 Å². The average molecular weight is 548 g/mol. The van der Waals surface area contributed by atoms with Crippen LogP contribution in [-0.4, -0.2) is 40.1 Å². The molecule has 1 fully saturated rings. The molecule has 2 N–H and O–H groups in total. The van der Waals surface area contributed by atoms with Gasteiger partial charge in [0.2, 0.25) is 0 Å². The number of carboxylic acid groups (broad SMARTS) is 2. The zero-order chi connectivity index (χ0) is 27.5. The first-order chi connectivity index (χ1) is 18.0. The Hall–Kier alpha value is -3.37. The molecule has 0 bridgehead atoms. The van der Waals surface area contributed by atoms with Gasteiger partial charge in [0.1, 0.15) is 17.2 Å². The Kier molecular flexibility index (Phi) is 8.13. The predicted octanol–water partition coefficient (Wildman–Crippen LogP) is 6.54. The monoisotopic (exact) mass is 547 g/mol. The first-order valence-electron chi connectivity index (χ1n) is 12.1. The number of rotatable bonds is 9. The third kappa shape index (κ3) is 6.02. The van der Waals surface area contributed by atoms with E-state index in [-0.39, 0.29) is 31.1 Å². The van der Waals surface area contributed by atoms with Gasteiger partial charge in [-0.3, -0.25) is 14.5 Å². The first-order valence-corrected chi connectivity index (χ1v) is 13.0. The Morgan fingerprint density at radius 2 is 1.63 bits per heavy atom. The summed E-state index contributed by atoms with van der Waals surface area (Å²) in [6.45, 7) is 0.592. The molecule has 1 heterocycles. The van der Waals surface area contributed by atoms with Crippen molar-refractivity contribution in [2.75, 3.05) is 7.05 Å². The summed E-state index contributed by atoms with van der Waals surface area (Å²) in [5, 5.41) is 18.8. The van der Waals surface area contributed by atoms with Crippen molar-refractivity contribution >= 4 is 23.3 Å². The molecular weight excluding hydrogens is 519 g/mol. The molecule has 0 saturated heterocycles. The van der Waals surface area contributed by atoms with Gasteiger partial charge in [-0.1, -0.05) is 42.5 Å². The summed E-state index contributed by atoms with van der Waals surface area (Å²) in [6, 6.07) is 17.3. The summed E-state index contributed by atoms with van der Waals surface area (Å²) in [4.78, 5) is 25.0. The largest absolute Gasteiger partial charge is 0.488 e. The molecule has 2 aromatic carbocycles. The maximum Gasteiger partial charge on any atom is 0.426 e. The molecule has 0 radical (unpaired) electrons. The lowest BCUT2D eigenvalue weighted by molar-refractivity contribution is -0.168. The topological polar surface area (TPSA) is 87.1 Å². The van der Waals surface area contributed by atoms with Crippen LogP contribution in [0, 0.1) is 5.41 Å². The summed E-state index contributed by atoms with van der Waals surface area (Å²) in [5.41, 5.74) is -0.0751. The Morgan fingerprint density at radius 3 is 2.18 bits per heavy atom. The lowest BCUT2D eigenvalue weighted by Gasteiger charge is -2.37. The highest BCUT2D eigenvalue weighted by atomic mass is 32.1. The quantitative estimate of drug-likeness (QED) is 0.296. The van der Waals surface area contributed by atoms with E-state index in [1.807, 2.05) is 19.2 Å². The van der Waals surface area contributed by atoms with E-state index in [9.17, 15) is 33.0 Å². The van der Waals surface area contributed by atoms with Gasteiger partial charge in [-0.25, -0.2) is 0 Å². The number of hydrogen-bond donors (Lipinski definition) is 2. The van der Waals surface area contributed by atoms with E-state index < -0.39 is 28.4 Å². The van der Waals surface area contributed by atoms with Crippen molar-refractivity contribution in [1.29, 1.82) is 0 Å². The van der Waals surface area contributed by atoms with Crippen LogP contribution < -0.4 is 4.74 Å². The summed E-state index contributed by atoms with van der Waals surface area (Å²) >= 11 is 0.681. The Bertz CT molecular complexity index is 1250. The van der Waals surface area contributed by atoms with Crippen LogP contribution in [0.25, 0.3) is 11.1 Å². The molecule has 38 heavy (non-hydrogen) atoms. The SMILES string of the molecule is CN(Cc1ccc(OCc2cc(-c3ccccc3)c(C(F)(F)F)s2)cc1)C1CCC(C(=O)O)(C(=O)O)CC1. The average Bonchev–Trinajstić information content (AvgIpc) is 3.34. The maximum absolute atomic E-state index is 13.6. The maximum atomic E-state index is 13.6. The van der Waals surface area contributed by atoms with Gasteiger partial charge in [-0.05, 0) is 62.1 Å². The summed E-state index contributed by atoms with van der Waals surface area (Å²) in [5.74, 6) is -2.03. The molecule has 1 saturated carbocycles. The van der Waals surface area contributed by atoms with Crippen LogP contribution >= 0.6 is 11.3 Å². The minimum absolute atomic E-state index is 0.0107. The van der Waals surface area contributed by atoms with Crippen molar-refractivity contribution < 1.29 is 37.7 Å². The number of nitrogens with zero attached hydrogens (tertiary/aromatic N) is 1. The summed E-state index contributed by atoms with van der Waals surface area (Å²) in [6.07, 6.45) is -3.33. The molecule has 6 nitrogen and oxygen atoms in total. The molecule has 4 rings (SSSR count). The van der Waals surface area contributed by atoms with E-state index in [0.29, 0.717) is 46.9 Å². The molecule has 202 valence electrons. The highest BCUT2D eigenvalue weighted by molar-refractivity contribution is 7.12. The number of carboxylic acids is 2. The number of hydrogen-bond acceptors (Lipinski definition) is 5. The van der Waals surface area contributed by atoms with Gasteiger partial charge in [0, 0.05) is 23.0 Å². The highest BCUT2D eigenvalue weighted by Gasteiger charge is 2.49. The van der Waals surface area contributed by atoms with Gasteiger partial charge in [0.05, 0.1) is 0 Å². The minimum atomic E-state index is -4.46. The van der Waals surface area contributed by atoms with E-state index in [2.05, 4.69) is 4.90 Å². The van der Waals surface area contributed by atoms with Crippen LogP contribution in [0.2, 0.25) is 0 Å². The molecule has 0 spiro atoms. The number of benzene rings is 2. The van der Waals surface area contributed by atoms with Crippen LogP contribution in [0.1, 0.15) is 41.0 Å². The fraction of sp³-hybridized carbons (Fsp3) is 0.357. The van der Waals surface area contributed by atoms with Crippen molar-refractivity contribution in [3.8, 4) is 16.9 Å². The standard InChI is InChI=1S/C28H28F3NO5S/c1-32(20-11-13-27(14-12-20,25(33)34)26(35)36)16-18-7-9-21(10-8-18)37-17-22-15-23(19-5-3-2-4-6-19)24(38-22)28(29,30)31/h2-10,15,20H,11-14,16-17H2,1H3,(H,33,34)(H,35,36). The van der Waals surface area contributed by atoms with E-state index in [1.165, 1.54) is 6.07 Å². The molecule has 1 aromatic heterocycles. The molecule has 10 heteroatoms. The lowest BCUT2D eigenvalue weighted by Crippen LogP contribution is -2.46. The predicted molar refractivity (Wildman–Crippen MR) is 137 cm³/mol. The van der Waals surface area contributed by atoms with E-state index in [0.717, 1.165) is 5.56 Å². The molecule has 0 amide bonds. The second-order valence-corrected chi connectivity index (χ2v) is 10.7. The fourth-order valence-corrected chi connectivity index (χ4v) is 5.83. The molecule has 3 aromatic rings. The Balaban J connectivity index is 1.35. The number of aliphatic carboxylic acids is 2. The lowest BCUT2D eigenvalue weighted by atomic mass is 9.72. The fourth-order valence-electron chi connectivity index (χ4n) is 4.87. The van der Waals surface area contributed by atoms with Gasteiger partial charge in [-0.15, -0.1) is 11.3 Å². The second kappa shape index (κ2) is 11.2. The highest BCUT2D eigenvalue weighted by Crippen LogP contribution is 2.43. The zero-order valence-corrected chi connectivity index (χ0v) is 21.5. The minimum Gasteiger partial charge on any atom is -0.488 e. The normalized spacial score (nSPS) is 15.9. The number of ether oxygens (including phenoxy) is 1. The van der Waals surface area contributed by atoms with Crippen molar-refractivity contribution in [3.05, 3.63) is 76.0 Å². The van der Waals surface area contributed by atoms with Crippen LogP contribution in [0.5, 0.6) is 5.75 Å². The van der Waals surface area contributed by atoms with Gasteiger partial charge >= 0.3 is 18.1 Å². The molecule has 0 aliphatic heterocycles. The number of halogens is 3. The van der Waals surface area contributed by atoms with E-state index in [1.54, 1.807) is 42.5 Å². The van der Waals surface area contributed by atoms with Gasteiger partial charge in [0.25, 0.3) is 0 Å². The number of thiophene rings is 1. The van der Waals surface area contributed by atoms with Crippen LogP contribution in [0.15, 0.2) is 60.7 Å². The van der Waals surface area contributed by atoms with Crippen LogP contribution in [-0.2, 0) is 28.9 Å². The van der Waals surface area contributed by atoms with Gasteiger partial charge in [0.15, 0.2) is 5.41 Å². The number of alkyl halides is 3. The Morgan fingerprint density at radius 1 is 1.03 bits per heavy atom. The number of carbonyl (C=O) groups is 2. The third-order valence-electron chi connectivity index (χ3n) is 7.11. The molecular formula is C28H28F3NO5S. The molecule has 1 aliphatic rings.